The average molecular weight is 305 g/mol. The average Bonchev–Trinajstić information content (AvgIpc) is 3.21. The Bertz CT molecular complexity index is 1000. The topological polar surface area (TPSA) is 96.7 Å². The third-order valence-electron chi connectivity index (χ3n) is 3.49. The van der Waals surface area contributed by atoms with Gasteiger partial charge in [-0.2, -0.15) is 0 Å². The van der Waals surface area contributed by atoms with E-state index in [-0.39, 0.29) is 5.56 Å². The van der Waals surface area contributed by atoms with Crippen LogP contribution in [-0.2, 0) is 0 Å². The van der Waals surface area contributed by atoms with Gasteiger partial charge in [-0.3, -0.25) is 4.57 Å². The minimum atomic E-state index is -0.968. The van der Waals surface area contributed by atoms with Gasteiger partial charge < -0.3 is 10.1 Å². The molecule has 0 radical (unpaired) electrons. The Morgan fingerprint density at radius 2 is 1.96 bits per heavy atom. The molecule has 3 aromatic heterocycles. The fourth-order valence-electron chi connectivity index (χ4n) is 2.43. The van der Waals surface area contributed by atoms with Crippen molar-refractivity contribution in [2.45, 2.75) is 0 Å². The van der Waals surface area contributed by atoms with Crippen LogP contribution in [0.4, 0.5) is 0 Å². The maximum atomic E-state index is 11.1. The number of rotatable bonds is 3. The standard InChI is InChI=1S/C16H11N5O2/c22-15(23)10-4-5-11-12(9-10)20-14(19-11)13-3-1-8-21(13)16-17-6-2-7-18-16/h1-9H,(H,19,20)(H,22,23). The molecule has 2 N–H and O–H groups in total. The Morgan fingerprint density at radius 1 is 1.13 bits per heavy atom. The van der Waals surface area contributed by atoms with E-state index in [1.807, 2.05) is 22.9 Å². The number of imidazole rings is 1. The number of carboxylic acid groups (broad SMARTS) is 1. The highest BCUT2D eigenvalue weighted by Gasteiger charge is 2.13. The van der Waals surface area contributed by atoms with Gasteiger partial charge in [0, 0.05) is 18.6 Å². The smallest absolute Gasteiger partial charge is 0.335 e. The number of aromatic nitrogens is 5. The van der Waals surface area contributed by atoms with Crippen LogP contribution in [-0.4, -0.2) is 35.6 Å². The summed E-state index contributed by atoms with van der Waals surface area (Å²) in [6.07, 6.45) is 5.19. The number of carbonyl (C=O) groups is 1. The molecule has 7 nitrogen and oxygen atoms in total. The van der Waals surface area contributed by atoms with E-state index in [4.69, 9.17) is 5.11 Å². The van der Waals surface area contributed by atoms with Crippen molar-refractivity contribution in [1.82, 2.24) is 24.5 Å². The highest BCUT2D eigenvalue weighted by molar-refractivity contribution is 5.92. The lowest BCUT2D eigenvalue weighted by Gasteiger charge is -2.04. The predicted molar refractivity (Wildman–Crippen MR) is 83.4 cm³/mol. The fourth-order valence-corrected chi connectivity index (χ4v) is 2.43. The molecule has 0 amide bonds. The zero-order valence-corrected chi connectivity index (χ0v) is 11.8. The second-order valence-electron chi connectivity index (χ2n) is 4.93. The number of aromatic amines is 1. The molecular formula is C16H11N5O2. The highest BCUT2D eigenvalue weighted by atomic mass is 16.4. The first-order chi connectivity index (χ1) is 11.2. The van der Waals surface area contributed by atoms with Gasteiger partial charge in [0.1, 0.15) is 0 Å². The van der Waals surface area contributed by atoms with Crippen molar-refractivity contribution in [3.63, 3.8) is 0 Å². The van der Waals surface area contributed by atoms with E-state index in [0.29, 0.717) is 22.8 Å². The third kappa shape index (κ3) is 2.24. The number of aromatic carboxylic acids is 1. The van der Waals surface area contributed by atoms with Gasteiger partial charge in [0.2, 0.25) is 5.95 Å². The van der Waals surface area contributed by atoms with Crippen LogP contribution in [0.3, 0.4) is 0 Å². The number of hydrogen-bond donors (Lipinski definition) is 2. The minimum absolute atomic E-state index is 0.217. The van der Waals surface area contributed by atoms with Gasteiger partial charge in [0.05, 0.1) is 22.3 Å². The van der Waals surface area contributed by atoms with E-state index in [0.717, 1.165) is 5.69 Å². The van der Waals surface area contributed by atoms with Crippen molar-refractivity contribution in [1.29, 1.82) is 0 Å². The van der Waals surface area contributed by atoms with Gasteiger partial charge in [-0.15, -0.1) is 0 Å². The largest absolute Gasteiger partial charge is 0.478 e. The van der Waals surface area contributed by atoms with Crippen LogP contribution in [0.5, 0.6) is 0 Å². The van der Waals surface area contributed by atoms with Crippen molar-refractivity contribution in [3.8, 4) is 17.5 Å². The summed E-state index contributed by atoms with van der Waals surface area (Å²) in [6.45, 7) is 0. The Labute approximate surface area is 130 Å². The van der Waals surface area contributed by atoms with Gasteiger partial charge in [0.15, 0.2) is 5.82 Å². The van der Waals surface area contributed by atoms with Gasteiger partial charge in [-0.1, -0.05) is 0 Å². The van der Waals surface area contributed by atoms with E-state index >= 15 is 0 Å². The molecule has 0 bridgehead atoms. The molecule has 112 valence electrons. The quantitative estimate of drug-likeness (QED) is 0.606. The van der Waals surface area contributed by atoms with Crippen molar-refractivity contribution in [2.24, 2.45) is 0 Å². The lowest BCUT2D eigenvalue weighted by atomic mass is 10.2. The highest BCUT2D eigenvalue weighted by Crippen LogP contribution is 2.23. The first kappa shape index (κ1) is 13.2. The lowest BCUT2D eigenvalue weighted by molar-refractivity contribution is 0.0697. The van der Waals surface area contributed by atoms with Gasteiger partial charge >= 0.3 is 5.97 Å². The van der Waals surface area contributed by atoms with Gasteiger partial charge in [0.25, 0.3) is 0 Å². The molecule has 0 unspecified atom stereocenters. The van der Waals surface area contributed by atoms with Crippen LogP contribution in [0.15, 0.2) is 55.0 Å². The first-order valence-corrected chi connectivity index (χ1v) is 6.90. The monoisotopic (exact) mass is 305 g/mol. The molecule has 0 atom stereocenters. The zero-order valence-electron chi connectivity index (χ0n) is 11.8. The first-order valence-electron chi connectivity index (χ1n) is 6.90. The van der Waals surface area contributed by atoms with E-state index in [1.165, 1.54) is 6.07 Å². The molecule has 0 saturated carbocycles. The number of nitrogens with one attached hydrogen (secondary N) is 1. The van der Waals surface area contributed by atoms with Gasteiger partial charge in [-0.25, -0.2) is 19.7 Å². The SMILES string of the molecule is O=C(O)c1ccc2nc(-c3cccn3-c3ncccn3)[nH]c2c1. The van der Waals surface area contributed by atoms with E-state index in [1.54, 1.807) is 30.6 Å². The van der Waals surface area contributed by atoms with Crippen LogP contribution in [0.1, 0.15) is 10.4 Å². The summed E-state index contributed by atoms with van der Waals surface area (Å²) < 4.78 is 1.82. The maximum Gasteiger partial charge on any atom is 0.335 e. The van der Waals surface area contributed by atoms with Crippen LogP contribution in [0.2, 0.25) is 0 Å². The molecule has 4 aromatic rings. The van der Waals surface area contributed by atoms with Crippen LogP contribution < -0.4 is 0 Å². The molecule has 23 heavy (non-hydrogen) atoms. The summed E-state index contributed by atoms with van der Waals surface area (Å²) in [5.74, 6) is 0.197. The van der Waals surface area contributed by atoms with Crippen molar-refractivity contribution < 1.29 is 9.90 Å². The van der Waals surface area contributed by atoms with Crippen molar-refractivity contribution >= 4 is 17.0 Å². The molecular weight excluding hydrogens is 294 g/mol. The Hall–Kier alpha value is -3.48. The number of carboxylic acids is 1. The summed E-state index contributed by atoms with van der Waals surface area (Å²) in [6, 6.07) is 10.3. The fraction of sp³-hybridized carbons (Fsp3) is 0. The molecule has 0 spiro atoms. The van der Waals surface area contributed by atoms with E-state index in [2.05, 4.69) is 19.9 Å². The van der Waals surface area contributed by atoms with Gasteiger partial charge in [-0.05, 0) is 36.4 Å². The Balaban J connectivity index is 1.84. The molecule has 0 aliphatic heterocycles. The summed E-state index contributed by atoms with van der Waals surface area (Å²) in [5, 5.41) is 9.07. The number of nitrogens with zero attached hydrogens (tertiary/aromatic N) is 4. The normalized spacial score (nSPS) is 11.0. The Morgan fingerprint density at radius 3 is 2.74 bits per heavy atom. The molecule has 0 saturated heterocycles. The molecule has 0 fully saturated rings. The summed E-state index contributed by atoms with van der Waals surface area (Å²) >= 11 is 0. The van der Waals surface area contributed by atoms with Crippen LogP contribution >= 0.6 is 0 Å². The molecule has 0 aliphatic carbocycles. The van der Waals surface area contributed by atoms with E-state index < -0.39 is 5.97 Å². The number of benzene rings is 1. The summed E-state index contributed by atoms with van der Waals surface area (Å²) in [5.41, 5.74) is 2.38. The van der Waals surface area contributed by atoms with Crippen LogP contribution in [0.25, 0.3) is 28.5 Å². The molecule has 7 heteroatoms. The Kier molecular flexibility index (Phi) is 2.90. The number of H-pyrrole nitrogens is 1. The van der Waals surface area contributed by atoms with Crippen LogP contribution in [0, 0.1) is 0 Å². The summed E-state index contributed by atoms with van der Waals surface area (Å²) in [7, 11) is 0. The second-order valence-corrected chi connectivity index (χ2v) is 4.93. The lowest BCUT2D eigenvalue weighted by Crippen LogP contribution is -2.01. The predicted octanol–water partition coefficient (Wildman–Crippen LogP) is 2.51. The van der Waals surface area contributed by atoms with Crippen molar-refractivity contribution in [3.05, 3.63) is 60.6 Å². The minimum Gasteiger partial charge on any atom is -0.478 e. The zero-order chi connectivity index (χ0) is 15.8. The molecule has 4 rings (SSSR count). The maximum absolute atomic E-state index is 11.1. The molecule has 3 heterocycles. The number of fused-ring (bicyclic) bond motifs is 1. The molecule has 1 aromatic carbocycles. The van der Waals surface area contributed by atoms with Crippen molar-refractivity contribution in [2.75, 3.05) is 0 Å². The van der Waals surface area contributed by atoms with E-state index in [9.17, 15) is 4.79 Å². The summed E-state index contributed by atoms with van der Waals surface area (Å²) in [4.78, 5) is 27.2. The third-order valence-corrected chi connectivity index (χ3v) is 3.49. The number of hydrogen-bond acceptors (Lipinski definition) is 4. The second kappa shape index (κ2) is 5.06. The molecule has 0 aliphatic rings.